The maximum Gasteiger partial charge on any atom is 0.282 e. The van der Waals surface area contributed by atoms with Gasteiger partial charge in [0.25, 0.3) is 5.91 Å². The van der Waals surface area contributed by atoms with Crippen molar-refractivity contribution in [1.82, 2.24) is 0 Å². The highest BCUT2D eigenvalue weighted by atomic mass is 19.1. The van der Waals surface area contributed by atoms with Crippen molar-refractivity contribution in [1.29, 1.82) is 0 Å². The van der Waals surface area contributed by atoms with E-state index in [9.17, 15) is 18.8 Å². The van der Waals surface area contributed by atoms with Crippen LogP contribution in [-0.2, 0) is 11.3 Å². The molecule has 1 aliphatic carbocycles. The standard InChI is InChI=1S/C25H21FN2O3/c1-15(28(2)14-16-7-9-17(26)10-8-16)25(31)27-18-11-12-21-22(13-18)24(30)20-6-4-3-5-19(20)23(21)29/h3-13,15H,14H2,1-2H3,(H,27,31)/p+1/t15-/m0/s1. The summed E-state index contributed by atoms with van der Waals surface area (Å²) in [6.45, 7) is 2.36. The second-order valence-corrected chi connectivity index (χ2v) is 7.82. The molecule has 3 aromatic rings. The normalized spacial score (nSPS) is 14.4. The van der Waals surface area contributed by atoms with E-state index in [1.807, 2.05) is 7.05 Å². The summed E-state index contributed by atoms with van der Waals surface area (Å²) in [4.78, 5) is 39.3. The van der Waals surface area contributed by atoms with Gasteiger partial charge in [-0.1, -0.05) is 36.4 Å². The number of quaternary nitrogens is 1. The number of anilines is 1. The van der Waals surface area contributed by atoms with Gasteiger partial charge in [-0.2, -0.15) is 0 Å². The molecule has 6 heteroatoms. The van der Waals surface area contributed by atoms with E-state index in [4.69, 9.17) is 0 Å². The van der Waals surface area contributed by atoms with Crippen LogP contribution in [0.3, 0.4) is 0 Å². The molecule has 0 spiro atoms. The first-order valence-electron chi connectivity index (χ1n) is 10.0. The van der Waals surface area contributed by atoms with Crippen LogP contribution in [0.1, 0.15) is 44.3 Å². The molecule has 156 valence electrons. The maximum absolute atomic E-state index is 13.1. The molecule has 2 atom stereocenters. The van der Waals surface area contributed by atoms with E-state index in [-0.39, 0.29) is 29.3 Å². The second-order valence-electron chi connectivity index (χ2n) is 7.82. The van der Waals surface area contributed by atoms with Crippen molar-refractivity contribution in [3.05, 3.63) is 100 Å². The van der Waals surface area contributed by atoms with Crippen LogP contribution in [0, 0.1) is 5.82 Å². The van der Waals surface area contributed by atoms with E-state index in [0.717, 1.165) is 10.5 Å². The maximum atomic E-state index is 13.1. The number of carbonyl (C=O) groups is 3. The van der Waals surface area contributed by atoms with E-state index in [1.165, 1.54) is 12.1 Å². The van der Waals surface area contributed by atoms with Gasteiger partial charge in [0.1, 0.15) is 12.4 Å². The van der Waals surface area contributed by atoms with Gasteiger partial charge in [-0.3, -0.25) is 14.4 Å². The molecule has 31 heavy (non-hydrogen) atoms. The molecule has 0 heterocycles. The SMILES string of the molecule is C[C@@H](C(=O)Nc1ccc2c(c1)C(=O)c1ccccc1C2=O)[NH+](C)Cc1ccc(F)cc1. The minimum Gasteiger partial charge on any atom is -0.324 e. The van der Waals surface area contributed by atoms with Gasteiger partial charge < -0.3 is 10.2 Å². The van der Waals surface area contributed by atoms with E-state index in [1.54, 1.807) is 61.5 Å². The number of hydrogen-bond donors (Lipinski definition) is 2. The van der Waals surface area contributed by atoms with Crippen molar-refractivity contribution in [2.75, 3.05) is 12.4 Å². The molecule has 0 saturated carbocycles. The molecule has 0 saturated heterocycles. The van der Waals surface area contributed by atoms with Crippen LogP contribution in [0.2, 0.25) is 0 Å². The van der Waals surface area contributed by atoms with E-state index >= 15 is 0 Å². The largest absolute Gasteiger partial charge is 0.324 e. The van der Waals surface area contributed by atoms with Gasteiger partial charge in [-0.05, 0) is 37.3 Å². The smallest absolute Gasteiger partial charge is 0.282 e. The summed E-state index contributed by atoms with van der Waals surface area (Å²) >= 11 is 0. The van der Waals surface area contributed by atoms with Crippen molar-refractivity contribution in [2.24, 2.45) is 0 Å². The predicted octanol–water partition coefficient (Wildman–Crippen LogP) is 2.64. The van der Waals surface area contributed by atoms with Crippen LogP contribution < -0.4 is 10.2 Å². The minimum atomic E-state index is -0.390. The molecule has 0 aromatic heterocycles. The van der Waals surface area contributed by atoms with Crippen molar-refractivity contribution < 1.29 is 23.7 Å². The van der Waals surface area contributed by atoms with Crippen LogP contribution in [0.25, 0.3) is 0 Å². The minimum absolute atomic E-state index is 0.195. The fraction of sp³-hybridized carbons (Fsp3) is 0.160. The van der Waals surface area contributed by atoms with Crippen molar-refractivity contribution >= 4 is 23.2 Å². The van der Waals surface area contributed by atoms with Crippen LogP contribution in [0.4, 0.5) is 10.1 Å². The van der Waals surface area contributed by atoms with Gasteiger partial charge in [0.15, 0.2) is 17.6 Å². The monoisotopic (exact) mass is 417 g/mol. The number of carbonyl (C=O) groups excluding carboxylic acids is 3. The number of nitrogens with one attached hydrogen (secondary N) is 2. The number of fused-ring (bicyclic) bond motifs is 2. The Labute approximate surface area is 179 Å². The van der Waals surface area contributed by atoms with E-state index < -0.39 is 0 Å². The first-order chi connectivity index (χ1) is 14.8. The molecule has 3 aromatic carbocycles. The third-order valence-corrected chi connectivity index (χ3v) is 5.72. The Morgan fingerprint density at radius 1 is 0.903 bits per heavy atom. The average molecular weight is 417 g/mol. The highest BCUT2D eigenvalue weighted by molar-refractivity contribution is 6.28. The average Bonchev–Trinajstić information content (AvgIpc) is 2.78. The lowest BCUT2D eigenvalue weighted by molar-refractivity contribution is -0.907. The number of ketones is 2. The highest BCUT2D eigenvalue weighted by Crippen LogP contribution is 2.29. The lowest BCUT2D eigenvalue weighted by atomic mass is 9.84. The zero-order valence-electron chi connectivity index (χ0n) is 17.2. The Balaban J connectivity index is 1.49. The quantitative estimate of drug-likeness (QED) is 0.525. The number of amides is 1. The molecule has 1 aliphatic rings. The summed E-state index contributed by atoms with van der Waals surface area (Å²) in [7, 11) is 1.89. The summed E-state index contributed by atoms with van der Waals surface area (Å²) in [5, 5.41) is 2.84. The summed E-state index contributed by atoms with van der Waals surface area (Å²) < 4.78 is 13.1. The lowest BCUT2D eigenvalue weighted by Gasteiger charge is -2.22. The third kappa shape index (κ3) is 4.02. The number of rotatable bonds is 5. The van der Waals surface area contributed by atoms with Crippen LogP contribution in [-0.4, -0.2) is 30.6 Å². The van der Waals surface area contributed by atoms with Crippen molar-refractivity contribution in [3.63, 3.8) is 0 Å². The predicted molar refractivity (Wildman–Crippen MR) is 115 cm³/mol. The van der Waals surface area contributed by atoms with Crippen LogP contribution >= 0.6 is 0 Å². The Morgan fingerprint density at radius 2 is 1.48 bits per heavy atom. The van der Waals surface area contributed by atoms with E-state index in [0.29, 0.717) is 34.5 Å². The first kappa shape index (κ1) is 20.6. The fourth-order valence-electron chi connectivity index (χ4n) is 3.73. The first-order valence-corrected chi connectivity index (χ1v) is 10.0. The molecule has 0 bridgehead atoms. The molecular formula is C25H22FN2O3+. The Bertz CT molecular complexity index is 1190. The van der Waals surface area contributed by atoms with Gasteiger partial charge >= 0.3 is 0 Å². The summed E-state index contributed by atoms with van der Waals surface area (Å²) in [6, 6.07) is 17.3. The number of benzene rings is 3. The molecule has 0 radical (unpaired) electrons. The van der Waals surface area contributed by atoms with Gasteiger partial charge in [0, 0.05) is 33.5 Å². The van der Waals surface area contributed by atoms with E-state index in [2.05, 4.69) is 5.32 Å². The summed E-state index contributed by atoms with van der Waals surface area (Å²) in [5.74, 6) is -0.932. The van der Waals surface area contributed by atoms with Crippen molar-refractivity contribution in [2.45, 2.75) is 19.5 Å². The molecule has 2 N–H and O–H groups in total. The second kappa shape index (κ2) is 8.24. The van der Waals surface area contributed by atoms with Crippen LogP contribution in [0.5, 0.6) is 0 Å². The lowest BCUT2D eigenvalue weighted by Crippen LogP contribution is -3.12. The van der Waals surface area contributed by atoms with Gasteiger partial charge in [-0.15, -0.1) is 0 Å². The topological polar surface area (TPSA) is 67.7 Å². The van der Waals surface area contributed by atoms with Gasteiger partial charge in [0.05, 0.1) is 7.05 Å². The molecule has 1 amide bonds. The number of hydrogen-bond acceptors (Lipinski definition) is 3. The molecule has 0 aliphatic heterocycles. The zero-order valence-corrected chi connectivity index (χ0v) is 17.2. The van der Waals surface area contributed by atoms with Crippen LogP contribution in [0.15, 0.2) is 66.7 Å². The molecule has 4 rings (SSSR count). The highest BCUT2D eigenvalue weighted by Gasteiger charge is 2.30. The molecular weight excluding hydrogens is 395 g/mol. The van der Waals surface area contributed by atoms with Gasteiger partial charge in [0.2, 0.25) is 0 Å². The Hall–Kier alpha value is -3.64. The molecule has 5 nitrogen and oxygen atoms in total. The Kier molecular flexibility index (Phi) is 5.48. The zero-order chi connectivity index (χ0) is 22.1. The molecule has 0 fully saturated rings. The Morgan fingerprint density at radius 3 is 2.13 bits per heavy atom. The summed E-state index contributed by atoms with van der Waals surface area (Å²) in [6.07, 6.45) is 0. The van der Waals surface area contributed by atoms with Gasteiger partial charge in [-0.25, -0.2) is 4.39 Å². The molecule has 1 unspecified atom stereocenters. The summed E-state index contributed by atoms with van der Waals surface area (Å²) in [5.41, 5.74) is 2.80. The number of likely N-dealkylation sites (N-methyl/N-ethyl adjacent to an activating group) is 1. The fourth-order valence-corrected chi connectivity index (χ4v) is 3.73. The third-order valence-electron chi connectivity index (χ3n) is 5.72. The number of halogens is 1. The van der Waals surface area contributed by atoms with Crippen molar-refractivity contribution in [3.8, 4) is 0 Å².